The number of carboxylic acid groups (broad SMARTS) is 1. The first-order chi connectivity index (χ1) is 9.97. The van der Waals surface area contributed by atoms with Crippen molar-refractivity contribution in [1.29, 1.82) is 0 Å². The van der Waals surface area contributed by atoms with Crippen molar-refractivity contribution in [2.45, 2.75) is 31.1 Å². The number of sulfonamides is 1. The molecule has 0 bridgehead atoms. The van der Waals surface area contributed by atoms with Crippen LogP contribution in [-0.4, -0.2) is 39.3 Å². The standard InChI is InChI=1S/C14H21NO5S/c1-2-3-10-20-11-4-9-15-21(18,19)13-7-5-12(6-8-13)14(16)17/h5-8,15H,2-4,9-11H2,1H3,(H,16,17). The summed E-state index contributed by atoms with van der Waals surface area (Å²) < 4.78 is 31.7. The topological polar surface area (TPSA) is 92.7 Å². The Morgan fingerprint density at radius 1 is 1.19 bits per heavy atom. The number of unbranched alkanes of at least 4 members (excludes halogenated alkanes) is 1. The van der Waals surface area contributed by atoms with Crippen LogP contribution in [-0.2, 0) is 14.8 Å². The van der Waals surface area contributed by atoms with E-state index >= 15 is 0 Å². The Kier molecular flexibility index (Phi) is 7.35. The molecule has 0 atom stereocenters. The van der Waals surface area contributed by atoms with Crippen molar-refractivity contribution < 1.29 is 23.1 Å². The van der Waals surface area contributed by atoms with Gasteiger partial charge in [0.1, 0.15) is 0 Å². The summed E-state index contributed by atoms with van der Waals surface area (Å²) in [6.45, 7) is 3.57. The Morgan fingerprint density at radius 3 is 2.38 bits per heavy atom. The number of rotatable bonds is 10. The zero-order valence-electron chi connectivity index (χ0n) is 12.0. The number of aromatic carboxylic acids is 1. The van der Waals surface area contributed by atoms with E-state index in [0.717, 1.165) is 12.8 Å². The number of hydrogen-bond donors (Lipinski definition) is 2. The fourth-order valence-corrected chi connectivity index (χ4v) is 2.66. The minimum atomic E-state index is -3.60. The zero-order chi connectivity index (χ0) is 15.7. The van der Waals surface area contributed by atoms with Crippen molar-refractivity contribution in [3.63, 3.8) is 0 Å². The molecule has 1 rings (SSSR count). The molecule has 0 aliphatic rings. The summed E-state index contributed by atoms with van der Waals surface area (Å²) in [5.41, 5.74) is 0.0540. The summed E-state index contributed by atoms with van der Waals surface area (Å²) in [6, 6.07) is 5.10. The lowest BCUT2D eigenvalue weighted by molar-refractivity contribution is 0.0696. The summed E-state index contributed by atoms with van der Waals surface area (Å²) in [5, 5.41) is 8.76. The van der Waals surface area contributed by atoms with Gasteiger partial charge in [0.25, 0.3) is 0 Å². The molecule has 0 heterocycles. The van der Waals surface area contributed by atoms with E-state index in [9.17, 15) is 13.2 Å². The van der Waals surface area contributed by atoms with Crippen LogP contribution in [0.4, 0.5) is 0 Å². The average Bonchev–Trinajstić information content (AvgIpc) is 2.46. The highest BCUT2D eigenvalue weighted by atomic mass is 32.2. The summed E-state index contributed by atoms with van der Waals surface area (Å²) in [5.74, 6) is -1.09. The quantitative estimate of drug-likeness (QED) is 0.643. The number of carbonyl (C=O) groups is 1. The SMILES string of the molecule is CCCCOCCCNS(=O)(=O)c1ccc(C(=O)O)cc1. The van der Waals surface area contributed by atoms with Crippen molar-refractivity contribution in [3.05, 3.63) is 29.8 Å². The zero-order valence-corrected chi connectivity index (χ0v) is 12.9. The molecule has 7 heteroatoms. The predicted octanol–water partition coefficient (Wildman–Crippen LogP) is 1.87. The number of hydrogen-bond acceptors (Lipinski definition) is 4. The van der Waals surface area contributed by atoms with Crippen LogP contribution in [0, 0.1) is 0 Å². The monoisotopic (exact) mass is 315 g/mol. The van der Waals surface area contributed by atoms with E-state index in [-0.39, 0.29) is 17.0 Å². The molecule has 0 fully saturated rings. The van der Waals surface area contributed by atoms with Crippen LogP contribution in [0.15, 0.2) is 29.2 Å². The fraction of sp³-hybridized carbons (Fsp3) is 0.500. The number of nitrogens with one attached hydrogen (secondary N) is 1. The lowest BCUT2D eigenvalue weighted by atomic mass is 10.2. The normalized spacial score (nSPS) is 11.5. The molecule has 0 amide bonds. The van der Waals surface area contributed by atoms with E-state index in [0.29, 0.717) is 19.6 Å². The van der Waals surface area contributed by atoms with Gasteiger partial charge in [-0.05, 0) is 37.1 Å². The van der Waals surface area contributed by atoms with Crippen molar-refractivity contribution in [2.24, 2.45) is 0 Å². The smallest absolute Gasteiger partial charge is 0.335 e. The fourth-order valence-electron chi connectivity index (χ4n) is 1.59. The molecule has 2 N–H and O–H groups in total. The summed E-state index contributed by atoms with van der Waals surface area (Å²) in [7, 11) is -3.60. The Labute approximate surface area is 125 Å². The van der Waals surface area contributed by atoms with E-state index in [4.69, 9.17) is 9.84 Å². The maximum atomic E-state index is 11.9. The Bertz CT molecular complexity index is 539. The van der Waals surface area contributed by atoms with Gasteiger partial charge in [-0.2, -0.15) is 0 Å². The molecule has 118 valence electrons. The second kappa shape index (κ2) is 8.76. The van der Waals surface area contributed by atoms with Gasteiger partial charge in [-0.15, -0.1) is 0 Å². The largest absolute Gasteiger partial charge is 0.478 e. The third-order valence-corrected chi connectivity index (χ3v) is 4.29. The molecule has 0 saturated carbocycles. The third-order valence-electron chi connectivity index (χ3n) is 2.81. The van der Waals surface area contributed by atoms with Crippen molar-refractivity contribution in [1.82, 2.24) is 4.72 Å². The van der Waals surface area contributed by atoms with E-state index in [2.05, 4.69) is 11.6 Å². The predicted molar refractivity (Wildman–Crippen MR) is 78.9 cm³/mol. The molecule has 21 heavy (non-hydrogen) atoms. The van der Waals surface area contributed by atoms with Crippen molar-refractivity contribution in [3.8, 4) is 0 Å². The minimum absolute atomic E-state index is 0.0540. The summed E-state index contributed by atoms with van der Waals surface area (Å²) in [6.07, 6.45) is 2.66. The van der Waals surface area contributed by atoms with Crippen LogP contribution in [0.5, 0.6) is 0 Å². The van der Waals surface area contributed by atoms with E-state index in [1.165, 1.54) is 24.3 Å². The first-order valence-corrected chi connectivity index (χ1v) is 8.36. The van der Waals surface area contributed by atoms with Crippen LogP contribution in [0.2, 0.25) is 0 Å². The van der Waals surface area contributed by atoms with Gasteiger partial charge in [-0.1, -0.05) is 13.3 Å². The Hall–Kier alpha value is -1.44. The molecule has 1 aromatic rings. The summed E-state index contributed by atoms with van der Waals surface area (Å²) >= 11 is 0. The molecule has 0 aliphatic carbocycles. The molecule has 0 saturated heterocycles. The first-order valence-electron chi connectivity index (χ1n) is 6.88. The average molecular weight is 315 g/mol. The number of ether oxygens (including phenoxy) is 1. The minimum Gasteiger partial charge on any atom is -0.478 e. The Balaban J connectivity index is 2.41. The molecule has 0 radical (unpaired) electrons. The summed E-state index contributed by atoms with van der Waals surface area (Å²) in [4.78, 5) is 10.8. The van der Waals surface area contributed by atoms with Crippen LogP contribution in [0.1, 0.15) is 36.5 Å². The van der Waals surface area contributed by atoms with E-state index in [1.807, 2.05) is 0 Å². The second-order valence-corrected chi connectivity index (χ2v) is 6.31. The van der Waals surface area contributed by atoms with Gasteiger partial charge >= 0.3 is 5.97 Å². The number of carboxylic acids is 1. The third kappa shape index (κ3) is 6.24. The molecule has 0 spiro atoms. The van der Waals surface area contributed by atoms with Crippen LogP contribution < -0.4 is 4.72 Å². The maximum Gasteiger partial charge on any atom is 0.335 e. The highest BCUT2D eigenvalue weighted by Gasteiger charge is 2.13. The first kappa shape index (κ1) is 17.6. The second-order valence-electron chi connectivity index (χ2n) is 4.55. The van der Waals surface area contributed by atoms with Crippen LogP contribution in [0.25, 0.3) is 0 Å². The molecule has 0 aliphatic heterocycles. The molecule has 0 unspecified atom stereocenters. The molecule has 1 aromatic carbocycles. The lowest BCUT2D eigenvalue weighted by Crippen LogP contribution is -2.25. The molecular formula is C14H21NO5S. The van der Waals surface area contributed by atoms with Crippen molar-refractivity contribution >= 4 is 16.0 Å². The molecule has 0 aromatic heterocycles. The number of benzene rings is 1. The molecular weight excluding hydrogens is 294 g/mol. The highest BCUT2D eigenvalue weighted by Crippen LogP contribution is 2.10. The van der Waals surface area contributed by atoms with Gasteiger partial charge in [0.2, 0.25) is 10.0 Å². The van der Waals surface area contributed by atoms with Gasteiger partial charge in [0, 0.05) is 19.8 Å². The lowest BCUT2D eigenvalue weighted by Gasteiger charge is -2.07. The Morgan fingerprint density at radius 2 is 1.81 bits per heavy atom. The van der Waals surface area contributed by atoms with Gasteiger partial charge in [0.15, 0.2) is 0 Å². The highest BCUT2D eigenvalue weighted by molar-refractivity contribution is 7.89. The van der Waals surface area contributed by atoms with E-state index < -0.39 is 16.0 Å². The van der Waals surface area contributed by atoms with Gasteiger partial charge in [-0.25, -0.2) is 17.9 Å². The van der Waals surface area contributed by atoms with Gasteiger partial charge < -0.3 is 9.84 Å². The molecule has 6 nitrogen and oxygen atoms in total. The van der Waals surface area contributed by atoms with Gasteiger partial charge in [0.05, 0.1) is 10.5 Å². The van der Waals surface area contributed by atoms with E-state index in [1.54, 1.807) is 0 Å². The van der Waals surface area contributed by atoms with Crippen LogP contribution in [0.3, 0.4) is 0 Å². The van der Waals surface area contributed by atoms with Crippen molar-refractivity contribution in [2.75, 3.05) is 19.8 Å². The van der Waals surface area contributed by atoms with Gasteiger partial charge in [-0.3, -0.25) is 0 Å². The van der Waals surface area contributed by atoms with Crippen LogP contribution >= 0.6 is 0 Å². The maximum absolute atomic E-state index is 11.9.